The standard InChI is InChI=1S/C14H18N2O4S/c17-12-2-1-9(14(19)20)7-11(12)16-13(18)8-21-10-3-5-15-6-4-10/h1-2,7,10,15,17H,3-6,8H2,(H,16,18)(H,19,20). The van der Waals surface area contributed by atoms with Gasteiger partial charge in [-0.2, -0.15) is 0 Å². The van der Waals surface area contributed by atoms with E-state index in [0.29, 0.717) is 11.0 Å². The topological polar surface area (TPSA) is 98.7 Å². The van der Waals surface area contributed by atoms with Gasteiger partial charge in [0.25, 0.3) is 0 Å². The molecule has 0 aromatic heterocycles. The average Bonchev–Trinajstić information content (AvgIpc) is 2.48. The predicted molar refractivity (Wildman–Crippen MR) is 82.0 cm³/mol. The maximum atomic E-state index is 11.9. The first-order valence-electron chi connectivity index (χ1n) is 6.75. The van der Waals surface area contributed by atoms with Crippen LogP contribution in [0.25, 0.3) is 0 Å². The van der Waals surface area contributed by atoms with Crippen LogP contribution in [-0.4, -0.2) is 46.2 Å². The molecular formula is C14H18N2O4S. The third-order valence-corrected chi connectivity index (χ3v) is 4.63. The molecule has 114 valence electrons. The lowest BCUT2D eigenvalue weighted by Crippen LogP contribution is -2.30. The average molecular weight is 310 g/mol. The number of aromatic hydroxyl groups is 1. The maximum Gasteiger partial charge on any atom is 0.335 e. The molecular weight excluding hydrogens is 292 g/mol. The fraction of sp³-hybridized carbons (Fsp3) is 0.429. The second-order valence-corrected chi connectivity index (χ2v) is 6.13. The van der Waals surface area contributed by atoms with Crippen molar-refractivity contribution in [3.8, 4) is 5.75 Å². The van der Waals surface area contributed by atoms with E-state index in [1.54, 1.807) is 11.8 Å². The Kier molecular flexibility index (Phi) is 5.46. The number of amides is 1. The fourth-order valence-electron chi connectivity index (χ4n) is 2.11. The van der Waals surface area contributed by atoms with Crippen molar-refractivity contribution in [1.29, 1.82) is 0 Å². The second-order valence-electron chi connectivity index (χ2n) is 4.85. The Morgan fingerprint density at radius 1 is 1.33 bits per heavy atom. The lowest BCUT2D eigenvalue weighted by molar-refractivity contribution is -0.113. The van der Waals surface area contributed by atoms with Gasteiger partial charge in [0, 0.05) is 5.25 Å². The van der Waals surface area contributed by atoms with E-state index in [1.165, 1.54) is 18.2 Å². The van der Waals surface area contributed by atoms with Gasteiger partial charge >= 0.3 is 5.97 Å². The van der Waals surface area contributed by atoms with Crippen molar-refractivity contribution in [1.82, 2.24) is 5.32 Å². The van der Waals surface area contributed by atoms with Crippen LogP contribution in [-0.2, 0) is 4.79 Å². The summed E-state index contributed by atoms with van der Waals surface area (Å²) in [4.78, 5) is 22.8. The van der Waals surface area contributed by atoms with Gasteiger partial charge in [0.15, 0.2) is 0 Å². The first-order chi connectivity index (χ1) is 10.1. The van der Waals surface area contributed by atoms with Crippen molar-refractivity contribution < 1.29 is 19.8 Å². The Bertz CT molecular complexity index is 530. The van der Waals surface area contributed by atoms with Crippen molar-refractivity contribution in [3.05, 3.63) is 23.8 Å². The van der Waals surface area contributed by atoms with E-state index in [2.05, 4.69) is 10.6 Å². The Hall–Kier alpha value is -1.73. The molecule has 0 unspecified atom stereocenters. The van der Waals surface area contributed by atoms with Crippen LogP contribution in [0, 0.1) is 0 Å². The Morgan fingerprint density at radius 2 is 2.05 bits per heavy atom. The van der Waals surface area contributed by atoms with Crippen LogP contribution >= 0.6 is 11.8 Å². The lowest BCUT2D eigenvalue weighted by atomic mass is 10.2. The molecule has 2 rings (SSSR count). The van der Waals surface area contributed by atoms with Gasteiger partial charge in [0.1, 0.15) is 5.75 Å². The van der Waals surface area contributed by atoms with Crippen LogP contribution in [0.15, 0.2) is 18.2 Å². The first-order valence-corrected chi connectivity index (χ1v) is 7.79. The minimum absolute atomic E-state index is 0.0223. The van der Waals surface area contributed by atoms with Crippen LogP contribution < -0.4 is 10.6 Å². The largest absolute Gasteiger partial charge is 0.506 e. The van der Waals surface area contributed by atoms with Gasteiger partial charge in [-0.05, 0) is 44.1 Å². The maximum absolute atomic E-state index is 11.9. The van der Waals surface area contributed by atoms with Crippen LogP contribution in [0.3, 0.4) is 0 Å². The number of rotatable bonds is 5. The summed E-state index contributed by atoms with van der Waals surface area (Å²) in [5.41, 5.74) is 0.153. The second kappa shape index (κ2) is 7.33. The molecule has 1 heterocycles. The highest BCUT2D eigenvalue weighted by atomic mass is 32.2. The molecule has 0 radical (unpaired) electrons. The summed E-state index contributed by atoms with van der Waals surface area (Å²) in [5.74, 6) is -1.19. The number of benzene rings is 1. The van der Waals surface area contributed by atoms with Crippen LogP contribution in [0.4, 0.5) is 5.69 Å². The normalized spacial score (nSPS) is 15.6. The minimum atomic E-state index is -1.10. The monoisotopic (exact) mass is 310 g/mol. The number of phenols is 1. The van der Waals surface area contributed by atoms with E-state index >= 15 is 0 Å². The molecule has 6 nitrogen and oxygen atoms in total. The number of hydrogen-bond acceptors (Lipinski definition) is 5. The van der Waals surface area contributed by atoms with Crippen molar-refractivity contribution in [2.75, 3.05) is 24.2 Å². The molecule has 1 fully saturated rings. The molecule has 1 aromatic carbocycles. The van der Waals surface area contributed by atoms with Crippen molar-refractivity contribution in [2.45, 2.75) is 18.1 Å². The molecule has 7 heteroatoms. The Balaban J connectivity index is 1.89. The highest BCUT2D eigenvalue weighted by Gasteiger charge is 2.16. The molecule has 0 aliphatic carbocycles. The number of anilines is 1. The number of carboxylic acids is 1. The molecule has 4 N–H and O–H groups in total. The summed E-state index contributed by atoms with van der Waals surface area (Å²) >= 11 is 1.59. The number of nitrogens with one attached hydrogen (secondary N) is 2. The van der Waals surface area contributed by atoms with Gasteiger partial charge in [0.05, 0.1) is 17.0 Å². The van der Waals surface area contributed by atoms with Gasteiger partial charge < -0.3 is 20.8 Å². The lowest BCUT2D eigenvalue weighted by Gasteiger charge is -2.21. The highest BCUT2D eigenvalue weighted by Crippen LogP contribution is 2.25. The van der Waals surface area contributed by atoms with Gasteiger partial charge in [-0.15, -0.1) is 11.8 Å². The van der Waals surface area contributed by atoms with Crippen molar-refractivity contribution >= 4 is 29.3 Å². The minimum Gasteiger partial charge on any atom is -0.506 e. The summed E-state index contributed by atoms with van der Waals surface area (Å²) in [7, 11) is 0. The molecule has 0 bridgehead atoms. The smallest absolute Gasteiger partial charge is 0.335 e. The number of carbonyl (C=O) groups is 2. The SMILES string of the molecule is O=C(CSC1CCNCC1)Nc1cc(C(=O)O)ccc1O. The third-order valence-electron chi connectivity index (χ3n) is 3.25. The van der Waals surface area contributed by atoms with E-state index in [0.717, 1.165) is 25.9 Å². The number of aromatic carboxylic acids is 1. The summed E-state index contributed by atoms with van der Waals surface area (Å²) in [6.45, 7) is 1.95. The zero-order chi connectivity index (χ0) is 15.2. The van der Waals surface area contributed by atoms with Crippen LogP contribution in [0.1, 0.15) is 23.2 Å². The third kappa shape index (κ3) is 4.64. The van der Waals surface area contributed by atoms with Crippen LogP contribution in [0.5, 0.6) is 5.75 Å². The summed E-state index contributed by atoms with van der Waals surface area (Å²) in [5, 5.41) is 24.9. The zero-order valence-corrected chi connectivity index (χ0v) is 12.3. The van der Waals surface area contributed by atoms with Crippen molar-refractivity contribution in [2.24, 2.45) is 0 Å². The predicted octanol–water partition coefficient (Wildman–Crippen LogP) is 1.51. The van der Waals surface area contributed by atoms with Gasteiger partial charge in [0.2, 0.25) is 5.91 Å². The molecule has 21 heavy (non-hydrogen) atoms. The van der Waals surface area contributed by atoms with E-state index in [1.807, 2.05) is 0 Å². The van der Waals surface area contributed by atoms with E-state index in [-0.39, 0.29) is 22.9 Å². The molecule has 0 spiro atoms. The number of carboxylic acid groups (broad SMARTS) is 1. The molecule has 1 aliphatic rings. The van der Waals surface area contributed by atoms with Gasteiger partial charge in [-0.1, -0.05) is 0 Å². The number of hydrogen-bond donors (Lipinski definition) is 4. The first kappa shape index (κ1) is 15.7. The number of thioether (sulfide) groups is 1. The molecule has 1 aromatic rings. The molecule has 1 aliphatic heterocycles. The molecule has 1 saturated heterocycles. The van der Waals surface area contributed by atoms with Gasteiger partial charge in [-0.3, -0.25) is 4.79 Å². The Morgan fingerprint density at radius 3 is 2.71 bits per heavy atom. The Labute approximate surface area is 126 Å². The van der Waals surface area contributed by atoms with Crippen LogP contribution in [0.2, 0.25) is 0 Å². The summed E-state index contributed by atoms with van der Waals surface area (Å²) in [6.07, 6.45) is 2.08. The summed E-state index contributed by atoms with van der Waals surface area (Å²) in [6, 6.07) is 3.81. The molecule has 0 saturated carbocycles. The van der Waals surface area contributed by atoms with E-state index in [4.69, 9.17) is 5.11 Å². The number of phenolic OH excluding ortho intramolecular Hbond substituents is 1. The number of carbonyl (C=O) groups excluding carboxylic acids is 1. The summed E-state index contributed by atoms with van der Waals surface area (Å²) < 4.78 is 0. The number of piperidine rings is 1. The quantitative estimate of drug-likeness (QED) is 0.615. The molecule has 1 amide bonds. The van der Waals surface area contributed by atoms with Crippen molar-refractivity contribution in [3.63, 3.8) is 0 Å². The highest BCUT2D eigenvalue weighted by molar-refractivity contribution is 8.00. The van der Waals surface area contributed by atoms with Gasteiger partial charge in [-0.25, -0.2) is 4.79 Å². The fourth-order valence-corrected chi connectivity index (χ4v) is 3.14. The zero-order valence-electron chi connectivity index (χ0n) is 11.5. The molecule has 0 atom stereocenters. The van der Waals surface area contributed by atoms with E-state index < -0.39 is 5.97 Å². The van der Waals surface area contributed by atoms with E-state index in [9.17, 15) is 14.7 Å².